The number of carboxylic acid groups (broad SMARTS) is 1. The summed E-state index contributed by atoms with van der Waals surface area (Å²) < 4.78 is 49.1. The number of methoxy groups -OCH3 is 2. The summed E-state index contributed by atoms with van der Waals surface area (Å²) >= 11 is 0. The highest BCUT2D eigenvalue weighted by Crippen LogP contribution is 2.38. The molecule has 132 valence electrons. The van der Waals surface area contributed by atoms with Crippen molar-refractivity contribution in [3.63, 3.8) is 0 Å². The monoisotopic (exact) mass is 347 g/mol. The van der Waals surface area contributed by atoms with Gasteiger partial charge in [0.1, 0.15) is 11.5 Å². The first-order chi connectivity index (χ1) is 11.2. The van der Waals surface area contributed by atoms with Gasteiger partial charge in [-0.2, -0.15) is 13.2 Å². The Kier molecular flexibility index (Phi) is 4.91. The molecule has 1 aliphatic heterocycles. The van der Waals surface area contributed by atoms with Crippen LogP contribution in [0.15, 0.2) is 18.2 Å². The van der Waals surface area contributed by atoms with E-state index in [0.29, 0.717) is 11.5 Å². The SMILES string of the molecule is COc1cc(OC)cc(C(=O)N2C[C@@H](C(F)(F)F)[C@H](C(=O)O)C2)c1. The molecule has 1 fully saturated rings. The molecule has 6 nitrogen and oxygen atoms in total. The molecule has 0 unspecified atom stereocenters. The average molecular weight is 347 g/mol. The van der Waals surface area contributed by atoms with Gasteiger partial charge in [-0.25, -0.2) is 0 Å². The molecule has 1 aliphatic rings. The molecule has 1 aromatic rings. The van der Waals surface area contributed by atoms with E-state index >= 15 is 0 Å². The van der Waals surface area contributed by atoms with E-state index in [9.17, 15) is 22.8 Å². The lowest BCUT2D eigenvalue weighted by Gasteiger charge is -2.19. The van der Waals surface area contributed by atoms with E-state index in [1.54, 1.807) is 0 Å². The Morgan fingerprint density at radius 3 is 2.04 bits per heavy atom. The molecule has 9 heteroatoms. The number of likely N-dealkylation sites (tertiary alicyclic amines) is 1. The fourth-order valence-electron chi connectivity index (χ4n) is 2.67. The van der Waals surface area contributed by atoms with Crippen molar-refractivity contribution in [1.82, 2.24) is 4.90 Å². The molecular weight excluding hydrogens is 331 g/mol. The summed E-state index contributed by atoms with van der Waals surface area (Å²) in [6.45, 7) is -1.20. The molecular formula is C15H16F3NO5. The van der Waals surface area contributed by atoms with E-state index in [0.717, 1.165) is 4.90 Å². The molecule has 0 radical (unpaired) electrons. The number of hydrogen-bond acceptors (Lipinski definition) is 4. The Hall–Kier alpha value is -2.45. The molecule has 0 aromatic heterocycles. The molecule has 2 atom stereocenters. The number of halogens is 3. The van der Waals surface area contributed by atoms with Crippen LogP contribution in [0, 0.1) is 11.8 Å². The van der Waals surface area contributed by atoms with Crippen molar-refractivity contribution in [2.24, 2.45) is 11.8 Å². The van der Waals surface area contributed by atoms with Crippen LogP contribution in [-0.2, 0) is 4.79 Å². The van der Waals surface area contributed by atoms with Gasteiger partial charge in [0.2, 0.25) is 0 Å². The standard InChI is InChI=1S/C15H16F3NO5/c1-23-9-3-8(4-10(5-9)24-2)13(20)19-6-11(14(21)22)12(7-19)15(16,17)18/h3-5,11-12H,6-7H2,1-2H3,(H,21,22)/t11-,12-/m1/s1. The van der Waals surface area contributed by atoms with Gasteiger partial charge in [-0.05, 0) is 12.1 Å². The summed E-state index contributed by atoms with van der Waals surface area (Å²) in [6, 6.07) is 4.24. The van der Waals surface area contributed by atoms with Gasteiger partial charge in [0.25, 0.3) is 5.91 Å². The number of carboxylic acids is 1. The molecule has 1 amide bonds. The molecule has 1 saturated heterocycles. The first-order valence-electron chi connectivity index (χ1n) is 6.99. The Bertz CT molecular complexity index is 624. The topological polar surface area (TPSA) is 76.1 Å². The van der Waals surface area contributed by atoms with E-state index in [1.807, 2.05) is 0 Å². The molecule has 1 N–H and O–H groups in total. The number of carbonyl (C=O) groups is 2. The van der Waals surface area contributed by atoms with Crippen LogP contribution in [0.5, 0.6) is 11.5 Å². The molecule has 1 aromatic carbocycles. The average Bonchev–Trinajstić information content (AvgIpc) is 2.99. The minimum atomic E-state index is -4.69. The lowest BCUT2D eigenvalue weighted by molar-refractivity contribution is -0.187. The number of rotatable bonds is 4. The number of alkyl halides is 3. The number of ether oxygens (including phenoxy) is 2. The summed E-state index contributed by atoms with van der Waals surface area (Å²) in [6.07, 6.45) is -4.69. The van der Waals surface area contributed by atoms with E-state index in [2.05, 4.69) is 0 Å². The summed E-state index contributed by atoms with van der Waals surface area (Å²) in [5.41, 5.74) is 0.0677. The lowest BCUT2D eigenvalue weighted by Crippen LogP contribution is -2.34. The van der Waals surface area contributed by atoms with E-state index < -0.39 is 43.0 Å². The molecule has 1 heterocycles. The fraction of sp³-hybridized carbons (Fsp3) is 0.467. The predicted molar refractivity (Wildman–Crippen MR) is 76.1 cm³/mol. The second-order valence-electron chi connectivity index (χ2n) is 5.40. The minimum absolute atomic E-state index is 0.0677. The second kappa shape index (κ2) is 6.58. The van der Waals surface area contributed by atoms with Crippen LogP contribution in [-0.4, -0.2) is 55.4 Å². The third-order valence-electron chi connectivity index (χ3n) is 3.94. The van der Waals surface area contributed by atoms with Crippen molar-refractivity contribution < 1.29 is 37.3 Å². The van der Waals surface area contributed by atoms with Crippen LogP contribution in [0.2, 0.25) is 0 Å². The summed E-state index contributed by atoms with van der Waals surface area (Å²) in [5, 5.41) is 9.00. The molecule has 0 spiro atoms. The van der Waals surface area contributed by atoms with Crippen LogP contribution in [0.1, 0.15) is 10.4 Å². The van der Waals surface area contributed by atoms with Crippen LogP contribution in [0.25, 0.3) is 0 Å². The zero-order valence-electron chi connectivity index (χ0n) is 13.0. The lowest BCUT2D eigenvalue weighted by atomic mass is 9.96. The Morgan fingerprint density at radius 1 is 1.12 bits per heavy atom. The summed E-state index contributed by atoms with van der Waals surface area (Å²) in [7, 11) is 2.75. The van der Waals surface area contributed by atoms with Crippen molar-refractivity contribution in [2.45, 2.75) is 6.18 Å². The number of hydrogen-bond donors (Lipinski definition) is 1. The van der Waals surface area contributed by atoms with Crippen LogP contribution in [0.3, 0.4) is 0 Å². The van der Waals surface area contributed by atoms with Crippen molar-refractivity contribution in [1.29, 1.82) is 0 Å². The van der Waals surface area contributed by atoms with Gasteiger partial charge >= 0.3 is 12.1 Å². The largest absolute Gasteiger partial charge is 0.497 e. The van der Waals surface area contributed by atoms with Gasteiger partial charge in [-0.1, -0.05) is 0 Å². The minimum Gasteiger partial charge on any atom is -0.497 e. The molecule has 0 bridgehead atoms. The van der Waals surface area contributed by atoms with Gasteiger partial charge in [0, 0.05) is 24.7 Å². The van der Waals surface area contributed by atoms with Crippen LogP contribution >= 0.6 is 0 Å². The molecule has 24 heavy (non-hydrogen) atoms. The maximum absolute atomic E-state index is 13.0. The van der Waals surface area contributed by atoms with Crippen LogP contribution in [0.4, 0.5) is 13.2 Å². The number of aliphatic carboxylic acids is 1. The third-order valence-corrected chi connectivity index (χ3v) is 3.94. The van der Waals surface area contributed by atoms with E-state index in [4.69, 9.17) is 14.6 Å². The van der Waals surface area contributed by atoms with Crippen molar-refractivity contribution >= 4 is 11.9 Å². The highest BCUT2D eigenvalue weighted by molar-refractivity contribution is 5.95. The van der Waals surface area contributed by atoms with Gasteiger partial charge in [0.15, 0.2) is 0 Å². The highest BCUT2D eigenvalue weighted by Gasteiger charge is 2.53. The van der Waals surface area contributed by atoms with Gasteiger partial charge < -0.3 is 19.5 Å². The van der Waals surface area contributed by atoms with E-state index in [-0.39, 0.29) is 5.56 Å². The third kappa shape index (κ3) is 3.55. The van der Waals surface area contributed by atoms with Crippen molar-refractivity contribution in [2.75, 3.05) is 27.3 Å². The Balaban J connectivity index is 2.29. The maximum atomic E-state index is 13.0. The highest BCUT2D eigenvalue weighted by atomic mass is 19.4. The Labute approximate surface area is 135 Å². The number of benzene rings is 1. The quantitative estimate of drug-likeness (QED) is 0.902. The van der Waals surface area contributed by atoms with Crippen molar-refractivity contribution in [3.05, 3.63) is 23.8 Å². The number of nitrogens with zero attached hydrogens (tertiary/aromatic N) is 1. The van der Waals surface area contributed by atoms with Crippen molar-refractivity contribution in [3.8, 4) is 11.5 Å². The molecule has 0 aliphatic carbocycles. The Morgan fingerprint density at radius 2 is 1.67 bits per heavy atom. The van der Waals surface area contributed by atoms with Gasteiger partial charge in [-0.3, -0.25) is 9.59 Å². The van der Waals surface area contributed by atoms with Gasteiger partial charge in [0.05, 0.1) is 26.1 Å². The summed E-state index contributed by atoms with van der Waals surface area (Å²) in [5.74, 6) is -5.44. The van der Waals surface area contributed by atoms with Crippen LogP contribution < -0.4 is 9.47 Å². The first-order valence-corrected chi connectivity index (χ1v) is 6.99. The smallest absolute Gasteiger partial charge is 0.394 e. The zero-order chi connectivity index (χ0) is 18.1. The molecule has 2 rings (SSSR count). The summed E-state index contributed by atoms with van der Waals surface area (Å²) in [4.78, 5) is 24.5. The number of amides is 1. The maximum Gasteiger partial charge on any atom is 0.394 e. The van der Waals surface area contributed by atoms with E-state index in [1.165, 1.54) is 32.4 Å². The normalized spacial score (nSPS) is 20.8. The van der Waals surface area contributed by atoms with Gasteiger partial charge in [-0.15, -0.1) is 0 Å². The first kappa shape index (κ1) is 17.9. The second-order valence-corrected chi connectivity index (χ2v) is 5.40. The number of carbonyl (C=O) groups excluding carboxylic acids is 1. The molecule has 0 saturated carbocycles. The predicted octanol–water partition coefficient (Wildman–Crippen LogP) is 2.04. The fourth-order valence-corrected chi connectivity index (χ4v) is 2.67. The zero-order valence-corrected chi connectivity index (χ0v) is 13.0.